The van der Waals surface area contributed by atoms with Crippen LogP contribution in [0.4, 0.5) is 35.0 Å². The first-order valence-electron chi connectivity index (χ1n) is 8.96. The number of nitrogens with two attached hydrogens (primary N) is 1. The topological polar surface area (TPSA) is 136 Å². The van der Waals surface area contributed by atoms with Gasteiger partial charge in [-0.2, -0.15) is 18.2 Å². The molecule has 3 rings (SSSR count). The Labute approximate surface area is 176 Å². The van der Waals surface area contributed by atoms with E-state index in [0.29, 0.717) is 19.0 Å². The second-order valence-electron chi connectivity index (χ2n) is 6.67. The summed E-state index contributed by atoms with van der Waals surface area (Å²) in [4.78, 5) is 19.1. The molecule has 2 heterocycles. The molecule has 0 spiro atoms. The zero-order valence-corrected chi connectivity index (χ0v) is 16.6. The number of piperidine rings is 1. The Balaban J connectivity index is 1.88. The second kappa shape index (κ2) is 9.11. The Morgan fingerprint density at radius 3 is 2.55 bits per heavy atom. The number of hydrogen-bond acceptors (Lipinski definition) is 7. The summed E-state index contributed by atoms with van der Waals surface area (Å²) in [5.41, 5.74) is 3.02. The fraction of sp³-hybridized carbons (Fsp3) is 0.353. The van der Waals surface area contributed by atoms with Crippen molar-refractivity contribution in [3.8, 4) is 0 Å². The molecule has 0 saturated carbocycles. The summed E-state index contributed by atoms with van der Waals surface area (Å²) in [6, 6.07) is 3.08. The summed E-state index contributed by atoms with van der Waals surface area (Å²) in [5, 5.41) is 5.20. The number of hydrogen-bond donors (Lipinski definition) is 3. The third kappa shape index (κ3) is 5.45. The van der Waals surface area contributed by atoms with E-state index in [1.807, 2.05) is 0 Å². The van der Waals surface area contributed by atoms with E-state index in [0.717, 1.165) is 6.07 Å². The highest BCUT2D eigenvalue weighted by molar-refractivity contribution is 7.76. The van der Waals surface area contributed by atoms with E-state index < -0.39 is 46.1 Å². The Bertz CT molecular complexity index is 998. The van der Waals surface area contributed by atoms with Gasteiger partial charge in [-0.15, -0.1) is 0 Å². The molecular formula is C17H17F4N6O3S-. The fourth-order valence-corrected chi connectivity index (χ4v) is 3.60. The van der Waals surface area contributed by atoms with Gasteiger partial charge in [0, 0.05) is 36.6 Å². The summed E-state index contributed by atoms with van der Waals surface area (Å²) < 4.78 is 77.4. The van der Waals surface area contributed by atoms with Crippen LogP contribution in [0, 0.1) is 5.82 Å². The van der Waals surface area contributed by atoms with Crippen LogP contribution >= 0.6 is 0 Å². The highest BCUT2D eigenvalue weighted by Gasteiger charge is 2.36. The van der Waals surface area contributed by atoms with Crippen molar-refractivity contribution in [1.29, 1.82) is 0 Å². The quantitative estimate of drug-likeness (QED) is 0.443. The molecule has 1 saturated heterocycles. The third-order valence-electron chi connectivity index (χ3n) is 4.61. The first-order valence-corrected chi connectivity index (χ1v) is 10.00. The van der Waals surface area contributed by atoms with E-state index >= 15 is 0 Å². The molecule has 1 aliphatic rings. The van der Waals surface area contributed by atoms with Gasteiger partial charge in [0.15, 0.2) is 0 Å². The van der Waals surface area contributed by atoms with E-state index in [2.05, 4.69) is 20.6 Å². The van der Waals surface area contributed by atoms with Gasteiger partial charge in [-0.25, -0.2) is 13.7 Å². The number of amides is 1. The number of rotatable bonds is 6. The molecule has 1 aromatic heterocycles. The largest absolute Gasteiger partial charge is 0.760 e. The van der Waals surface area contributed by atoms with Crippen LogP contribution in [-0.2, 0) is 17.4 Å². The molecule has 1 atom stereocenters. The summed E-state index contributed by atoms with van der Waals surface area (Å²) >= 11 is -2.34. The number of alkyl halides is 3. The molecule has 2 aromatic rings. The van der Waals surface area contributed by atoms with E-state index in [1.165, 1.54) is 16.4 Å². The molecule has 0 radical (unpaired) electrons. The van der Waals surface area contributed by atoms with Crippen LogP contribution in [-0.4, -0.2) is 48.1 Å². The number of benzene rings is 1. The monoisotopic (exact) mass is 461 g/mol. The number of carbonyl (C=O) groups excluding carboxylic acids is 1. The van der Waals surface area contributed by atoms with Gasteiger partial charge < -0.3 is 20.9 Å². The number of nitrogens with one attached hydrogen (secondary N) is 2. The average molecular weight is 461 g/mol. The Morgan fingerprint density at radius 2 is 1.97 bits per heavy atom. The minimum absolute atomic E-state index is 0.144. The number of halogens is 4. The predicted molar refractivity (Wildman–Crippen MR) is 102 cm³/mol. The van der Waals surface area contributed by atoms with Crippen molar-refractivity contribution in [2.24, 2.45) is 5.73 Å². The summed E-state index contributed by atoms with van der Waals surface area (Å²) in [6.45, 7) is 0.482. The zero-order valence-electron chi connectivity index (χ0n) is 15.8. The van der Waals surface area contributed by atoms with Crippen LogP contribution in [0.1, 0.15) is 28.8 Å². The first-order chi connectivity index (χ1) is 14.6. The third-order valence-corrected chi connectivity index (χ3v) is 5.39. The standard InChI is InChI=1S/C17H18F4N6O3S/c18-11-2-1-3-12(13(11)14(22)28)25-15-10(17(19,20)21)8-23-16(26-15)24-9-4-6-27(7-5-9)31(29)30/h1-3,8-9H,4-7H2,(H2,22,28)(H,29,30)(H2,23,24,25,26)/p-1. The van der Waals surface area contributed by atoms with Crippen LogP contribution in [0.3, 0.4) is 0 Å². The molecule has 4 N–H and O–H groups in total. The smallest absolute Gasteiger partial charge is 0.421 e. The lowest BCUT2D eigenvalue weighted by Gasteiger charge is -2.33. The van der Waals surface area contributed by atoms with Crippen LogP contribution in [0.15, 0.2) is 24.4 Å². The maximum atomic E-state index is 14.0. The minimum Gasteiger partial charge on any atom is -0.760 e. The predicted octanol–water partition coefficient (Wildman–Crippen LogP) is 2.15. The van der Waals surface area contributed by atoms with Gasteiger partial charge >= 0.3 is 6.18 Å². The molecule has 1 fully saturated rings. The Hall–Kier alpha value is -2.84. The van der Waals surface area contributed by atoms with Crippen LogP contribution in [0.5, 0.6) is 0 Å². The van der Waals surface area contributed by atoms with Crippen molar-refractivity contribution in [3.63, 3.8) is 0 Å². The molecule has 31 heavy (non-hydrogen) atoms. The van der Waals surface area contributed by atoms with E-state index in [1.54, 1.807) is 0 Å². The lowest BCUT2D eigenvalue weighted by Crippen LogP contribution is -2.40. The van der Waals surface area contributed by atoms with Crippen LogP contribution in [0.2, 0.25) is 0 Å². The molecule has 1 aromatic carbocycles. The molecule has 9 nitrogen and oxygen atoms in total. The van der Waals surface area contributed by atoms with Crippen molar-refractivity contribution in [2.45, 2.75) is 25.1 Å². The molecule has 1 amide bonds. The lowest BCUT2D eigenvalue weighted by atomic mass is 10.1. The molecule has 0 bridgehead atoms. The average Bonchev–Trinajstić information content (AvgIpc) is 2.67. The molecule has 0 aliphatic carbocycles. The minimum atomic E-state index is -4.83. The highest BCUT2D eigenvalue weighted by Crippen LogP contribution is 2.36. The SMILES string of the molecule is NC(=O)c1c(F)cccc1Nc1nc(NC2CCN(S(=O)[O-])CC2)ncc1C(F)(F)F. The Kier molecular flexibility index (Phi) is 6.71. The number of carbonyl (C=O) groups is 1. The maximum Gasteiger partial charge on any atom is 0.421 e. The van der Waals surface area contributed by atoms with Gasteiger partial charge in [-0.05, 0) is 25.0 Å². The maximum absolute atomic E-state index is 14.0. The van der Waals surface area contributed by atoms with Gasteiger partial charge in [0.25, 0.3) is 5.91 Å². The summed E-state index contributed by atoms with van der Waals surface area (Å²) in [6.07, 6.45) is -3.47. The van der Waals surface area contributed by atoms with Crippen molar-refractivity contribution in [1.82, 2.24) is 14.3 Å². The van der Waals surface area contributed by atoms with Gasteiger partial charge in [0.1, 0.15) is 17.2 Å². The van der Waals surface area contributed by atoms with Crippen molar-refractivity contribution >= 4 is 34.6 Å². The van der Waals surface area contributed by atoms with Crippen molar-refractivity contribution in [2.75, 3.05) is 23.7 Å². The van der Waals surface area contributed by atoms with Gasteiger partial charge in [0.2, 0.25) is 5.95 Å². The number of primary amides is 1. The number of aromatic nitrogens is 2. The molecule has 14 heteroatoms. The van der Waals surface area contributed by atoms with Crippen LogP contribution < -0.4 is 16.4 Å². The summed E-state index contributed by atoms with van der Waals surface area (Å²) in [5.74, 6) is -3.00. The highest BCUT2D eigenvalue weighted by atomic mass is 32.2. The van der Waals surface area contributed by atoms with Gasteiger partial charge in [-0.3, -0.25) is 9.00 Å². The fourth-order valence-electron chi connectivity index (χ4n) is 3.09. The van der Waals surface area contributed by atoms with E-state index in [-0.39, 0.29) is 30.8 Å². The van der Waals surface area contributed by atoms with Crippen LogP contribution in [0.25, 0.3) is 0 Å². The van der Waals surface area contributed by atoms with E-state index in [9.17, 15) is 31.1 Å². The van der Waals surface area contributed by atoms with Gasteiger partial charge in [-0.1, -0.05) is 6.07 Å². The molecule has 1 aliphatic heterocycles. The number of nitrogens with zero attached hydrogens (tertiary/aromatic N) is 3. The Morgan fingerprint density at radius 1 is 1.29 bits per heavy atom. The number of anilines is 3. The van der Waals surface area contributed by atoms with E-state index in [4.69, 9.17) is 5.73 Å². The zero-order chi connectivity index (χ0) is 22.8. The normalized spacial score (nSPS) is 16.7. The second-order valence-corrected chi connectivity index (χ2v) is 7.62. The molecule has 1 unspecified atom stereocenters. The lowest BCUT2D eigenvalue weighted by molar-refractivity contribution is -0.137. The summed E-state index contributed by atoms with van der Waals surface area (Å²) in [7, 11) is 0. The molecule has 168 valence electrons. The van der Waals surface area contributed by atoms with Crippen molar-refractivity contribution < 1.29 is 31.1 Å². The van der Waals surface area contributed by atoms with Gasteiger partial charge in [0.05, 0.1) is 11.3 Å². The first kappa shape index (κ1) is 22.8. The molecular weight excluding hydrogens is 444 g/mol. The van der Waals surface area contributed by atoms with Crippen molar-refractivity contribution in [3.05, 3.63) is 41.3 Å².